The van der Waals surface area contributed by atoms with Gasteiger partial charge in [0.1, 0.15) is 0 Å². The molecule has 0 spiro atoms. The molecule has 7 heteroatoms. The summed E-state index contributed by atoms with van der Waals surface area (Å²) in [6, 6.07) is 24.9. The molecule has 0 radical (unpaired) electrons. The molecule has 4 N–H and O–H groups in total. The van der Waals surface area contributed by atoms with Crippen molar-refractivity contribution < 1.29 is 9.59 Å². The minimum atomic E-state index is -0.405. The minimum Gasteiger partial charge on any atom is -0.353 e. The number of carbonyl (C=O) groups excluding carboxylic acids is 2. The highest BCUT2D eigenvalue weighted by Gasteiger charge is 2.21. The first-order valence-electron chi connectivity index (χ1n) is 11.7. The largest absolute Gasteiger partial charge is 0.353 e. The van der Waals surface area contributed by atoms with Crippen LogP contribution in [0.1, 0.15) is 22.5 Å². The molecule has 1 aromatic heterocycles. The Hall–Kier alpha value is -3.55. The summed E-state index contributed by atoms with van der Waals surface area (Å²) in [6.45, 7) is 1.68. The number of carbonyl (C=O) groups is 2. The number of pyridine rings is 1. The van der Waals surface area contributed by atoms with E-state index >= 15 is 0 Å². The molecule has 0 saturated heterocycles. The number of hydrogen-bond donors (Lipinski definition) is 4. The second-order valence-corrected chi connectivity index (χ2v) is 8.45. The van der Waals surface area contributed by atoms with Crippen molar-refractivity contribution in [3.05, 3.63) is 101 Å². The lowest BCUT2D eigenvalue weighted by atomic mass is 10.0. The molecule has 176 valence electrons. The average molecular weight is 458 g/mol. The Morgan fingerprint density at radius 3 is 1.50 bits per heavy atom. The number of nitrogens with zero attached hydrogens (tertiary/aromatic N) is 1. The Bertz CT molecular complexity index is 992. The lowest BCUT2D eigenvalue weighted by molar-refractivity contribution is -0.125. The van der Waals surface area contributed by atoms with Gasteiger partial charge in [-0.1, -0.05) is 66.7 Å². The molecule has 3 aromatic rings. The number of aromatic nitrogens is 1. The maximum atomic E-state index is 12.9. The van der Waals surface area contributed by atoms with Gasteiger partial charge in [0.05, 0.1) is 23.5 Å². The molecular formula is C27H31N5O2. The van der Waals surface area contributed by atoms with Crippen molar-refractivity contribution in [2.24, 2.45) is 0 Å². The Balaban J connectivity index is 1.49. The molecule has 2 bridgehead atoms. The van der Waals surface area contributed by atoms with E-state index in [1.165, 1.54) is 0 Å². The maximum absolute atomic E-state index is 12.9. The number of benzene rings is 2. The molecule has 1 aliphatic heterocycles. The standard InChI is InChI=1S/C27H31N5O2/c33-26-24(16-20-8-3-1-4-9-20)30-18-22-12-7-13-23(32-22)19-31-25(27(34)29-15-14-28-26)17-21-10-5-2-6-11-21/h1-13,24-25,30-31H,14-19H2,(H,28,33)(H,29,34)/t24-,25-/m1/s1. The molecule has 4 rings (SSSR count). The summed E-state index contributed by atoms with van der Waals surface area (Å²) in [5, 5.41) is 12.6. The Kier molecular flexibility index (Phi) is 8.38. The quantitative estimate of drug-likeness (QED) is 0.479. The summed E-state index contributed by atoms with van der Waals surface area (Å²) in [5.41, 5.74) is 3.86. The third-order valence-electron chi connectivity index (χ3n) is 5.85. The zero-order valence-electron chi connectivity index (χ0n) is 19.2. The van der Waals surface area contributed by atoms with Gasteiger partial charge in [0.25, 0.3) is 0 Å². The topological polar surface area (TPSA) is 95.2 Å². The fourth-order valence-electron chi connectivity index (χ4n) is 4.01. The zero-order valence-corrected chi connectivity index (χ0v) is 19.2. The van der Waals surface area contributed by atoms with E-state index in [4.69, 9.17) is 4.98 Å². The van der Waals surface area contributed by atoms with Crippen molar-refractivity contribution in [1.82, 2.24) is 26.3 Å². The second-order valence-electron chi connectivity index (χ2n) is 8.45. The van der Waals surface area contributed by atoms with Crippen LogP contribution >= 0.6 is 0 Å². The van der Waals surface area contributed by atoms with Gasteiger partial charge in [-0.05, 0) is 36.1 Å². The molecule has 7 nitrogen and oxygen atoms in total. The summed E-state index contributed by atoms with van der Waals surface area (Å²) in [4.78, 5) is 30.6. The Morgan fingerprint density at radius 1 is 0.618 bits per heavy atom. The SMILES string of the molecule is O=C1NCCNC(=O)[C@@H](Cc2ccccc2)NCc2cccc(n2)CN[C@@H]1Cc1ccccc1. The van der Waals surface area contributed by atoms with E-state index in [1.54, 1.807) is 0 Å². The molecule has 2 aromatic carbocycles. The van der Waals surface area contributed by atoms with Gasteiger partial charge in [-0.2, -0.15) is 0 Å². The van der Waals surface area contributed by atoms with E-state index in [1.807, 2.05) is 78.9 Å². The molecule has 0 unspecified atom stereocenters. The fraction of sp³-hybridized carbons (Fsp3) is 0.296. The summed E-state index contributed by atoms with van der Waals surface area (Å²) >= 11 is 0. The van der Waals surface area contributed by atoms with Crippen molar-refractivity contribution in [3.63, 3.8) is 0 Å². The van der Waals surface area contributed by atoms with Crippen LogP contribution in [0, 0.1) is 0 Å². The Morgan fingerprint density at radius 2 is 1.06 bits per heavy atom. The zero-order chi connectivity index (χ0) is 23.6. The third-order valence-corrected chi connectivity index (χ3v) is 5.85. The number of rotatable bonds is 4. The summed E-state index contributed by atoms with van der Waals surface area (Å²) in [7, 11) is 0. The van der Waals surface area contributed by atoms with E-state index in [9.17, 15) is 9.59 Å². The summed E-state index contributed by atoms with van der Waals surface area (Å²) in [6.07, 6.45) is 1.14. The van der Waals surface area contributed by atoms with Gasteiger partial charge in [-0.15, -0.1) is 0 Å². The number of amides is 2. The molecule has 0 saturated carbocycles. The first-order valence-corrected chi connectivity index (χ1v) is 11.7. The van der Waals surface area contributed by atoms with E-state index in [0.29, 0.717) is 39.0 Å². The molecule has 0 aliphatic carbocycles. The van der Waals surface area contributed by atoms with E-state index < -0.39 is 12.1 Å². The van der Waals surface area contributed by atoms with Crippen LogP contribution in [-0.4, -0.2) is 42.0 Å². The average Bonchev–Trinajstić information content (AvgIpc) is 2.87. The second kappa shape index (κ2) is 12.1. The van der Waals surface area contributed by atoms with Crippen molar-refractivity contribution >= 4 is 11.8 Å². The highest BCUT2D eigenvalue weighted by atomic mass is 16.2. The van der Waals surface area contributed by atoms with Gasteiger partial charge in [0.15, 0.2) is 0 Å². The highest BCUT2D eigenvalue weighted by Crippen LogP contribution is 2.08. The van der Waals surface area contributed by atoms with Crippen LogP contribution in [0.3, 0.4) is 0 Å². The van der Waals surface area contributed by atoms with Crippen LogP contribution in [0.25, 0.3) is 0 Å². The van der Waals surface area contributed by atoms with Crippen LogP contribution in [0.2, 0.25) is 0 Å². The van der Waals surface area contributed by atoms with E-state index in [2.05, 4.69) is 21.3 Å². The van der Waals surface area contributed by atoms with Gasteiger partial charge < -0.3 is 10.6 Å². The first kappa shape index (κ1) is 23.6. The van der Waals surface area contributed by atoms with E-state index in [-0.39, 0.29) is 11.8 Å². The molecule has 2 atom stereocenters. The third kappa shape index (κ3) is 6.97. The van der Waals surface area contributed by atoms with Gasteiger partial charge in [-0.3, -0.25) is 25.2 Å². The molecular weight excluding hydrogens is 426 g/mol. The fourth-order valence-corrected chi connectivity index (χ4v) is 4.01. The molecule has 0 fully saturated rings. The van der Waals surface area contributed by atoms with Crippen molar-refractivity contribution in [3.8, 4) is 0 Å². The predicted octanol–water partition coefficient (Wildman–Crippen LogP) is 1.73. The first-order chi connectivity index (χ1) is 16.7. The lowest BCUT2D eigenvalue weighted by Crippen LogP contribution is -2.49. The van der Waals surface area contributed by atoms with Crippen molar-refractivity contribution in [2.75, 3.05) is 13.1 Å². The van der Waals surface area contributed by atoms with Crippen LogP contribution in [0.4, 0.5) is 0 Å². The van der Waals surface area contributed by atoms with Gasteiger partial charge in [-0.25, -0.2) is 0 Å². The minimum absolute atomic E-state index is 0.0944. The number of hydrogen-bond acceptors (Lipinski definition) is 5. The lowest BCUT2D eigenvalue weighted by Gasteiger charge is -2.19. The smallest absolute Gasteiger partial charge is 0.237 e. The Labute approximate surface area is 200 Å². The van der Waals surface area contributed by atoms with Gasteiger partial charge >= 0.3 is 0 Å². The normalized spacial score (nSPS) is 19.9. The summed E-state index contributed by atoms with van der Waals surface area (Å²) < 4.78 is 0. The predicted molar refractivity (Wildman–Crippen MR) is 132 cm³/mol. The maximum Gasteiger partial charge on any atom is 0.237 e. The molecule has 2 amide bonds. The van der Waals surface area contributed by atoms with Gasteiger partial charge in [0.2, 0.25) is 11.8 Å². The van der Waals surface area contributed by atoms with Crippen molar-refractivity contribution in [1.29, 1.82) is 0 Å². The highest BCUT2D eigenvalue weighted by molar-refractivity contribution is 5.83. The molecule has 2 heterocycles. The number of fused-ring (bicyclic) bond motifs is 2. The van der Waals surface area contributed by atoms with Crippen molar-refractivity contribution in [2.45, 2.75) is 38.0 Å². The van der Waals surface area contributed by atoms with E-state index in [0.717, 1.165) is 22.5 Å². The van der Waals surface area contributed by atoms with Crippen LogP contribution in [0.15, 0.2) is 78.9 Å². The molecule has 34 heavy (non-hydrogen) atoms. The van der Waals surface area contributed by atoms with Crippen LogP contribution in [-0.2, 0) is 35.5 Å². The van der Waals surface area contributed by atoms with Gasteiger partial charge in [0, 0.05) is 26.2 Å². The molecule has 1 aliphatic rings. The number of nitrogens with one attached hydrogen (secondary N) is 4. The summed E-state index contributed by atoms with van der Waals surface area (Å²) in [5.74, 6) is -0.189. The van der Waals surface area contributed by atoms with Crippen LogP contribution < -0.4 is 21.3 Å². The van der Waals surface area contributed by atoms with Crippen LogP contribution in [0.5, 0.6) is 0 Å². The monoisotopic (exact) mass is 457 g/mol.